The summed E-state index contributed by atoms with van der Waals surface area (Å²) in [5, 5.41) is 0. The van der Waals surface area contributed by atoms with Gasteiger partial charge in [0.25, 0.3) is 0 Å². The second-order valence-electron chi connectivity index (χ2n) is 7.78. The van der Waals surface area contributed by atoms with Crippen molar-refractivity contribution in [3.8, 4) is 0 Å². The molecule has 0 aliphatic rings. The van der Waals surface area contributed by atoms with Gasteiger partial charge in [0, 0.05) is 24.1 Å². The number of Topliss-reactive ketones (excluding diaryl/α,β-unsaturated/α-hetero) is 1. The van der Waals surface area contributed by atoms with E-state index in [1.165, 1.54) is 0 Å². The molecular formula is C26H29NO4. The molecule has 0 bridgehead atoms. The van der Waals surface area contributed by atoms with Crippen LogP contribution in [0.3, 0.4) is 0 Å². The van der Waals surface area contributed by atoms with Gasteiger partial charge in [-0.25, -0.2) is 4.79 Å². The molecule has 1 heterocycles. The highest BCUT2D eigenvalue weighted by molar-refractivity contribution is 6.00. The van der Waals surface area contributed by atoms with Gasteiger partial charge >= 0.3 is 5.97 Å². The van der Waals surface area contributed by atoms with Crippen LogP contribution in [0.1, 0.15) is 56.2 Å². The molecule has 2 aromatic carbocycles. The lowest BCUT2D eigenvalue weighted by Crippen LogP contribution is -2.17. The zero-order valence-corrected chi connectivity index (χ0v) is 18.6. The predicted molar refractivity (Wildman–Crippen MR) is 121 cm³/mol. The molecule has 0 saturated heterocycles. The fraction of sp³-hybridized carbons (Fsp3) is 0.308. The van der Waals surface area contributed by atoms with Crippen LogP contribution < -0.4 is 0 Å². The molecule has 1 atom stereocenters. The largest absolute Gasteiger partial charge is 0.454 e. The number of hydrogen-bond acceptors (Lipinski definition) is 4. The Kier molecular flexibility index (Phi) is 7.42. The minimum atomic E-state index is -0.485. The van der Waals surface area contributed by atoms with Crippen molar-refractivity contribution in [2.75, 3.05) is 20.3 Å². The Labute approximate surface area is 183 Å². The third-order valence-corrected chi connectivity index (χ3v) is 5.44. The maximum Gasteiger partial charge on any atom is 0.338 e. The number of ketones is 1. The number of carbonyl (C=O) groups excluding carboxylic acids is 2. The predicted octanol–water partition coefficient (Wildman–Crippen LogP) is 4.94. The highest BCUT2D eigenvalue weighted by Crippen LogP contribution is 2.22. The van der Waals surface area contributed by atoms with E-state index in [-0.39, 0.29) is 18.4 Å². The molecule has 0 N–H and O–H groups in total. The van der Waals surface area contributed by atoms with E-state index in [1.807, 2.05) is 69.3 Å². The average molecular weight is 420 g/mol. The molecular weight excluding hydrogens is 390 g/mol. The van der Waals surface area contributed by atoms with Crippen molar-refractivity contribution in [2.45, 2.75) is 33.2 Å². The molecule has 0 amide bonds. The molecule has 0 aliphatic heterocycles. The normalized spacial score (nSPS) is 11.9. The fourth-order valence-electron chi connectivity index (χ4n) is 4.03. The molecule has 0 unspecified atom stereocenters. The molecule has 5 heteroatoms. The number of aryl methyl sites for hydroxylation is 1. The summed E-state index contributed by atoms with van der Waals surface area (Å²) in [6, 6.07) is 19.3. The fourth-order valence-corrected chi connectivity index (χ4v) is 4.03. The van der Waals surface area contributed by atoms with E-state index >= 15 is 0 Å². The molecule has 0 radical (unpaired) electrons. The average Bonchev–Trinajstić information content (AvgIpc) is 3.07. The van der Waals surface area contributed by atoms with Crippen molar-refractivity contribution in [3.63, 3.8) is 0 Å². The summed E-state index contributed by atoms with van der Waals surface area (Å²) in [5.41, 5.74) is 4.87. The Balaban J connectivity index is 1.71. The standard InChI is InChI=1S/C26H29NO4/c1-18-14-24(20(3)27(18)19(2)16-30-4)25(28)17-31-26(29)23-13-9-8-12-22(23)15-21-10-6-5-7-11-21/h5-14,19H,15-17H2,1-4H3/t19-/m0/s1. The molecule has 1 aromatic heterocycles. The minimum Gasteiger partial charge on any atom is -0.454 e. The molecule has 0 saturated carbocycles. The van der Waals surface area contributed by atoms with Gasteiger partial charge in [0.1, 0.15) is 0 Å². The third-order valence-electron chi connectivity index (χ3n) is 5.44. The molecule has 3 rings (SSSR count). The van der Waals surface area contributed by atoms with E-state index < -0.39 is 5.97 Å². The number of nitrogens with zero attached hydrogens (tertiary/aromatic N) is 1. The first-order valence-electron chi connectivity index (χ1n) is 10.4. The topological polar surface area (TPSA) is 57.5 Å². The van der Waals surface area contributed by atoms with Crippen molar-refractivity contribution in [1.82, 2.24) is 4.57 Å². The minimum absolute atomic E-state index is 0.110. The first-order chi connectivity index (χ1) is 14.9. The first kappa shape index (κ1) is 22.5. The smallest absolute Gasteiger partial charge is 0.338 e. The van der Waals surface area contributed by atoms with Crippen LogP contribution in [0.5, 0.6) is 0 Å². The Morgan fingerprint density at radius 3 is 2.35 bits per heavy atom. The maximum atomic E-state index is 12.8. The number of carbonyl (C=O) groups is 2. The highest BCUT2D eigenvalue weighted by atomic mass is 16.5. The van der Waals surface area contributed by atoms with E-state index in [9.17, 15) is 9.59 Å². The van der Waals surface area contributed by atoms with Gasteiger partial charge in [0.15, 0.2) is 6.61 Å². The Morgan fingerprint density at radius 2 is 1.65 bits per heavy atom. The number of ether oxygens (including phenoxy) is 2. The lowest BCUT2D eigenvalue weighted by molar-refractivity contribution is 0.0473. The summed E-state index contributed by atoms with van der Waals surface area (Å²) in [5.74, 6) is -0.695. The molecule has 0 fully saturated rings. The molecule has 162 valence electrons. The zero-order valence-electron chi connectivity index (χ0n) is 18.6. The van der Waals surface area contributed by atoms with Crippen molar-refractivity contribution in [3.05, 3.63) is 94.3 Å². The second kappa shape index (κ2) is 10.2. The summed E-state index contributed by atoms with van der Waals surface area (Å²) in [7, 11) is 1.66. The number of methoxy groups -OCH3 is 1. The SMILES string of the molecule is COC[C@H](C)n1c(C)cc(C(=O)COC(=O)c2ccccc2Cc2ccccc2)c1C. The Hall–Kier alpha value is -3.18. The van der Waals surface area contributed by atoms with Crippen LogP contribution in [-0.4, -0.2) is 36.6 Å². The van der Waals surface area contributed by atoms with Crippen molar-refractivity contribution < 1.29 is 19.1 Å². The van der Waals surface area contributed by atoms with Gasteiger partial charge in [0.2, 0.25) is 5.78 Å². The van der Waals surface area contributed by atoms with Crippen LogP contribution in [0, 0.1) is 13.8 Å². The molecule has 5 nitrogen and oxygen atoms in total. The van der Waals surface area contributed by atoms with Crippen LogP contribution in [0.25, 0.3) is 0 Å². The second-order valence-corrected chi connectivity index (χ2v) is 7.78. The first-order valence-corrected chi connectivity index (χ1v) is 10.4. The Bertz CT molecular complexity index is 1050. The van der Waals surface area contributed by atoms with Gasteiger partial charge in [-0.05, 0) is 50.5 Å². The van der Waals surface area contributed by atoms with Crippen molar-refractivity contribution in [2.24, 2.45) is 0 Å². The van der Waals surface area contributed by atoms with E-state index in [0.29, 0.717) is 24.2 Å². The van der Waals surface area contributed by atoms with Crippen LogP contribution in [0.4, 0.5) is 0 Å². The number of aromatic nitrogens is 1. The zero-order chi connectivity index (χ0) is 22.4. The molecule has 31 heavy (non-hydrogen) atoms. The van der Waals surface area contributed by atoms with E-state index in [1.54, 1.807) is 19.2 Å². The molecule has 0 aliphatic carbocycles. The van der Waals surface area contributed by atoms with Gasteiger partial charge in [-0.15, -0.1) is 0 Å². The van der Waals surface area contributed by atoms with Crippen molar-refractivity contribution >= 4 is 11.8 Å². The summed E-state index contributed by atoms with van der Waals surface area (Å²) in [4.78, 5) is 25.5. The van der Waals surface area contributed by atoms with Gasteiger partial charge in [-0.2, -0.15) is 0 Å². The molecule has 0 spiro atoms. The van der Waals surface area contributed by atoms with Gasteiger partial charge < -0.3 is 14.0 Å². The number of benzene rings is 2. The van der Waals surface area contributed by atoms with Gasteiger partial charge in [-0.1, -0.05) is 48.5 Å². The van der Waals surface area contributed by atoms with Crippen LogP contribution in [0.2, 0.25) is 0 Å². The van der Waals surface area contributed by atoms with Crippen molar-refractivity contribution in [1.29, 1.82) is 0 Å². The highest BCUT2D eigenvalue weighted by Gasteiger charge is 2.21. The number of rotatable bonds is 9. The van der Waals surface area contributed by atoms with Crippen LogP contribution in [0.15, 0.2) is 60.7 Å². The Morgan fingerprint density at radius 1 is 0.968 bits per heavy atom. The quantitative estimate of drug-likeness (QED) is 0.364. The molecule has 3 aromatic rings. The van der Waals surface area contributed by atoms with Crippen LogP contribution >= 0.6 is 0 Å². The maximum absolute atomic E-state index is 12.8. The van der Waals surface area contributed by atoms with E-state index in [0.717, 1.165) is 22.5 Å². The monoisotopic (exact) mass is 419 g/mol. The van der Waals surface area contributed by atoms with E-state index in [4.69, 9.17) is 9.47 Å². The lowest BCUT2D eigenvalue weighted by atomic mass is 10.00. The van der Waals surface area contributed by atoms with Gasteiger partial charge in [-0.3, -0.25) is 4.79 Å². The lowest BCUT2D eigenvalue weighted by Gasteiger charge is -2.17. The summed E-state index contributed by atoms with van der Waals surface area (Å²) in [6.45, 7) is 6.17. The summed E-state index contributed by atoms with van der Waals surface area (Å²) in [6.07, 6.45) is 0.624. The van der Waals surface area contributed by atoms with E-state index in [2.05, 4.69) is 4.57 Å². The third kappa shape index (κ3) is 5.30. The summed E-state index contributed by atoms with van der Waals surface area (Å²) < 4.78 is 12.7. The number of esters is 1. The number of hydrogen-bond donors (Lipinski definition) is 0. The van der Waals surface area contributed by atoms with Gasteiger partial charge in [0.05, 0.1) is 18.2 Å². The summed E-state index contributed by atoms with van der Waals surface area (Å²) >= 11 is 0. The van der Waals surface area contributed by atoms with Crippen LogP contribution in [-0.2, 0) is 15.9 Å².